The summed E-state index contributed by atoms with van der Waals surface area (Å²) in [4.78, 5) is 15.1. The third-order valence-corrected chi connectivity index (χ3v) is 3.42. The van der Waals surface area contributed by atoms with Crippen LogP contribution in [-0.2, 0) is 0 Å². The zero-order valence-electron chi connectivity index (χ0n) is 11.5. The lowest BCUT2D eigenvalue weighted by Crippen LogP contribution is -2.13. The van der Waals surface area contributed by atoms with Crippen molar-refractivity contribution < 1.29 is 18.0 Å². The number of benzene rings is 2. The highest BCUT2D eigenvalue weighted by atomic mass is 19.2. The van der Waals surface area contributed by atoms with Gasteiger partial charge < -0.3 is 10.3 Å². The minimum atomic E-state index is -1.05. The van der Waals surface area contributed by atoms with Crippen LogP contribution < -0.4 is 5.32 Å². The van der Waals surface area contributed by atoms with E-state index in [1.807, 2.05) is 0 Å². The van der Waals surface area contributed by atoms with Gasteiger partial charge in [0.25, 0.3) is 5.91 Å². The number of halogens is 3. The van der Waals surface area contributed by atoms with E-state index in [2.05, 4.69) is 10.3 Å². The molecule has 1 heterocycles. The lowest BCUT2D eigenvalue weighted by Gasteiger charge is -2.05. The van der Waals surface area contributed by atoms with E-state index in [0.717, 1.165) is 17.5 Å². The predicted octanol–water partition coefficient (Wildman–Crippen LogP) is 4.15. The lowest BCUT2D eigenvalue weighted by atomic mass is 10.1. The van der Waals surface area contributed by atoms with Gasteiger partial charge in [0.05, 0.1) is 0 Å². The number of carbonyl (C=O) groups is 1. The monoisotopic (exact) mass is 304 g/mol. The largest absolute Gasteiger partial charge is 0.350 e. The van der Waals surface area contributed by atoms with E-state index in [4.69, 9.17) is 0 Å². The van der Waals surface area contributed by atoms with E-state index in [1.165, 1.54) is 18.2 Å². The highest BCUT2D eigenvalue weighted by Crippen LogP contribution is 2.23. The molecule has 0 radical (unpaired) electrons. The first-order valence-electron chi connectivity index (χ1n) is 6.50. The number of hydrogen-bond acceptors (Lipinski definition) is 1. The number of carbonyl (C=O) groups excluding carboxylic acids is 1. The number of amides is 1. The molecule has 1 aromatic heterocycles. The van der Waals surface area contributed by atoms with Gasteiger partial charge in [-0.1, -0.05) is 0 Å². The van der Waals surface area contributed by atoms with Gasteiger partial charge in [-0.25, -0.2) is 13.2 Å². The van der Waals surface area contributed by atoms with Gasteiger partial charge in [0, 0.05) is 22.7 Å². The van der Waals surface area contributed by atoms with E-state index in [-0.39, 0.29) is 11.4 Å². The molecule has 2 N–H and O–H groups in total. The molecule has 6 heteroatoms. The fourth-order valence-corrected chi connectivity index (χ4v) is 2.30. The first kappa shape index (κ1) is 14.2. The molecule has 3 aromatic rings. The first-order valence-corrected chi connectivity index (χ1v) is 6.50. The molecule has 0 atom stereocenters. The van der Waals surface area contributed by atoms with E-state index in [1.54, 1.807) is 13.0 Å². The second-order valence-electron chi connectivity index (χ2n) is 4.90. The number of anilines is 1. The molecule has 0 bridgehead atoms. The Morgan fingerprint density at radius 3 is 2.55 bits per heavy atom. The van der Waals surface area contributed by atoms with E-state index in [9.17, 15) is 18.0 Å². The van der Waals surface area contributed by atoms with Gasteiger partial charge in [-0.15, -0.1) is 0 Å². The number of hydrogen-bond donors (Lipinski definition) is 2. The van der Waals surface area contributed by atoms with Crippen LogP contribution in [0.2, 0.25) is 0 Å². The van der Waals surface area contributed by atoms with Gasteiger partial charge in [0.1, 0.15) is 11.5 Å². The zero-order valence-corrected chi connectivity index (χ0v) is 11.5. The van der Waals surface area contributed by atoms with Crippen molar-refractivity contribution in [3.8, 4) is 0 Å². The molecule has 0 saturated carbocycles. The Hall–Kier alpha value is -2.76. The molecule has 0 aliphatic heterocycles. The number of aromatic nitrogens is 1. The number of aryl methyl sites for hydroxylation is 1. The van der Waals surface area contributed by atoms with Crippen LogP contribution in [0.5, 0.6) is 0 Å². The Balaban J connectivity index is 1.94. The minimum Gasteiger partial charge on any atom is -0.350 e. The summed E-state index contributed by atoms with van der Waals surface area (Å²) in [7, 11) is 0. The second kappa shape index (κ2) is 5.22. The van der Waals surface area contributed by atoms with Gasteiger partial charge >= 0.3 is 0 Å². The number of rotatable bonds is 2. The summed E-state index contributed by atoms with van der Waals surface area (Å²) in [5, 5.41) is 3.19. The molecular formula is C16H11F3N2O. The van der Waals surface area contributed by atoms with Crippen LogP contribution in [-0.4, -0.2) is 10.9 Å². The van der Waals surface area contributed by atoms with Gasteiger partial charge in [-0.2, -0.15) is 0 Å². The summed E-state index contributed by atoms with van der Waals surface area (Å²) in [6.07, 6.45) is 0. The Morgan fingerprint density at radius 1 is 1.05 bits per heavy atom. The smallest absolute Gasteiger partial charge is 0.272 e. The summed E-state index contributed by atoms with van der Waals surface area (Å²) < 4.78 is 39.2. The van der Waals surface area contributed by atoms with Crippen LogP contribution in [0.3, 0.4) is 0 Å². The van der Waals surface area contributed by atoms with E-state index >= 15 is 0 Å². The molecule has 0 aliphatic carbocycles. The molecule has 0 fully saturated rings. The topological polar surface area (TPSA) is 44.9 Å². The highest BCUT2D eigenvalue weighted by Gasteiger charge is 2.16. The maximum Gasteiger partial charge on any atom is 0.272 e. The second-order valence-corrected chi connectivity index (χ2v) is 4.90. The molecule has 22 heavy (non-hydrogen) atoms. The quantitative estimate of drug-likeness (QED) is 0.734. The summed E-state index contributed by atoms with van der Waals surface area (Å²) >= 11 is 0. The lowest BCUT2D eigenvalue weighted by molar-refractivity contribution is 0.102. The maximum absolute atomic E-state index is 13.2. The number of fused-ring (bicyclic) bond motifs is 1. The van der Waals surface area contributed by atoms with Crippen molar-refractivity contribution >= 4 is 22.5 Å². The minimum absolute atomic E-state index is 0.133. The standard InChI is InChI=1S/C16H11F3N2O/c1-8-11-4-2-9(17)6-14(11)21-15(8)16(22)20-10-3-5-12(18)13(19)7-10/h2-7,21H,1H3,(H,20,22). The van der Waals surface area contributed by atoms with Crippen molar-refractivity contribution in [2.45, 2.75) is 6.92 Å². The maximum atomic E-state index is 13.2. The predicted molar refractivity (Wildman–Crippen MR) is 77.3 cm³/mol. The molecule has 112 valence electrons. The highest BCUT2D eigenvalue weighted by molar-refractivity contribution is 6.07. The summed E-state index contributed by atoms with van der Waals surface area (Å²) in [5.74, 6) is -2.97. The number of H-pyrrole nitrogens is 1. The van der Waals surface area contributed by atoms with Crippen LogP contribution >= 0.6 is 0 Å². The third kappa shape index (κ3) is 2.43. The van der Waals surface area contributed by atoms with Gasteiger partial charge in [0.2, 0.25) is 0 Å². The van der Waals surface area contributed by atoms with Gasteiger partial charge in [-0.3, -0.25) is 4.79 Å². The average Bonchev–Trinajstić information content (AvgIpc) is 2.79. The van der Waals surface area contributed by atoms with Crippen LogP contribution in [0.4, 0.5) is 18.9 Å². The number of nitrogens with one attached hydrogen (secondary N) is 2. The van der Waals surface area contributed by atoms with Crippen molar-refractivity contribution in [2.75, 3.05) is 5.32 Å². The van der Waals surface area contributed by atoms with Crippen molar-refractivity contribution in [3.63, 3.8) is 0 Å². The van der Waals surface area contributed by atoms with E-state index < -0.39 is 23.4 Å². The Bertz CT molecular complexity index is 886. The van der Waals surface area contributed by atoms with Crippen molar-refractivity contribution in [3.05, 3.63) is 65.1 Å². The normalized spacial score (nSPS) is 10.9. The zero-order chi connectivity index (χ0) is 15.9. The van der Waals surface area contributed by atoms with Gasteiger partial charge in [-0.05, 0) is 42.8 Å². The summed E-state index contributed by atoms with van der Waals surface area (Å²) in [6.45, 7) is 1.72. The van der Waals surface area contributed by atoms with Crippen molar-refractivity contribution in [1.82, 2.24) is 4.98 Å². The fourth-order valence-electron chi connectivity index (χ4n) is 2.30. The summed E-state index contributed by atoms with van der Waals surface area (Å²) in [6, 6.07) is 7.25. The average molecular weight is 304 g/mol. The SMILES string of the molecule is Cc1c(C(=O)Nc2ccc(F)c(F)c2)[nH]c2cc(F)ccc12. The van der Waals surface area contributed by atoms with Crippen LogP contribution in [0.15, 0.2) is 36.4 Å². The van der Waals surface area contributed by atoms with Crippen LogP contribution in [0, 0.1) is 24.4 Å². The van der Waals surface area contributed by atoms with Gasteiger partial charge in [0.15, 0.2) is 11.6 Å². The van der Waals surface area contributed by atoms with Crippen molar-refractivity contribution in [1.29, 1.82) is 0 Å². The molecule has 2 aromatic carbocycles. The van der Waals surface area contributed by atoms with Crippen LogP contribution in [0.1, 0.15) is 16.1 Å². The Kier molecular flexibility index (Phi) is 3.36. The molecular weight excluding hydrogens is 293 g/mol. The Labute approximate surface area is 123 Å². The fraction of sp³-hybridized carbons (Fsp3) is 0.0625. The van der Waals surface area contributed by atoms with Crippen molar-refractivity contribution in [2.24, 2.45) is 0 Å². The third-order valence-electron chi connectivity index (χ3n) is 3.42. The molecule has 0 saturated heterocycles. The van der Waals surface area contributed by atoms with Crippen LogP contribution in [0.25, 0.3) is 10.9 Å². The molecule has 1 amide bonds. The molecule has 0 spiro atoms. The Morgan fingerprint density at radius 2 is 1.82 bits per heavy atom. The molecule has 3 nitrogen and oxygen atoms in total. The number of aromatic amines is 1. The summed E-state index contributed by atoms with van der Waals surface area (Å²) in [5.41, 5.74) is 1.52. The first-order chi connectivity index (χ1) is 10.5. The molecule has 0 aliphatic rings. The van der Waals surface area contributed by atoms with E-state index in [0.29, 0.717) is 11.1 Å². The molecule has 0 unspecified atom stereocenters. The molecule has 3 rings (SSSR count).